The predicted octanol–water partition coefficient (Wildman–Crippen LogP) is 5.48. The monoisotopic (exact) mass is 378 g/mol. The molecule has 0 radical (unpaired) electrons. The molecule has 4 aliphatic carbocycles. The van der Waals surface area contributed by atoms with E-state index in [0.29, 0.717) is 24.0 Å². The van der Waals surface area contributed by atoms with E-state index in [4.69, 9.17) is 4.74 Å². The van der Waals surface area contributed by atoms with Gasteiger partial charge in [-0.05, 0) is 81.4 Å². The first-order chi connectivity index (χ1) is 12.1. The summed E-state index contributed by atoms with van der Waals surface area (Å²) < 4.78 is 18.0. The van der Waals surface area contributed by atoms with Crippen molar-refractivity contribution in [1.29, 1.82) is 0 Å². The van der Waals surface area contributed by atoms with E-state index >= 15 is 0 Å². The highest BCUT2D eigenvalue weighted by atomic mass is 31.2. The zero-order valence-corrected chi connectivity index (χ0v) is 17.8. The molecule has 0 saturated heterocycles. The molecule has 0 N–H and O–H groups in total. The Kier molecular flexibility index (Phi) is 4.60. The van der Waals surface area contributed by atoms with Crippen LogP contribution >= 0.6 is 7.14 Å². The zero-order chi connectivity index (χ0) is 18.7. The summed E-state index contributed by atoms with van der Waals surface area (Å²) in [6, 6.07) is 0. The first-order valence-corrected chi connectivity index (χ1v) is 13.3. The van der Waals surface area contributed by atoms with Crippen molar-refractivity contribution >= 4 is 12.9 Å². The Morgan fingerprint density at radius 3 is 2.54 bits per heavy atom. The van der Waals surface area contributed by atoms with Gasteiger partial charge < -0.3 is 9.30 Å². The van der Waals surface area contributed by atoms with Crippen molar-refractivity contribution < 1.29 is 14.1 Å². The number of carbonyl (C=O) groups excluding carboxylic acids is 1. The van der Waals surface area contributed by atoms with Crippen molar-refractivity contribution in [3.8, 4) is 0 Å². The number of rotatable bonds is 3. The molecule has 0 aliphatic heterocycles. The summed E-state index contributed by atoms with van der Waals surface area (Å²) in [5.41, 5.74) is 1.84. The number of fused-ring (bicyclic) bond motifs is 5. The van der Waals surface area contributed by atoms with Crippen molar-refractivity contribution in [2.24, 2.45) is 28.6 Å². The molecule has 4 aliphatic rings. The van der Waals surface area contributed by atoms with Gasteiger partial charge in [0.2, 0.25) is 0 Å². The summed E-state index contributed by atoms with van der Waals surface area (Å²) in [7, 11) is -2.11. The number of hydrogen-bond acceptors (Lipinski definition) is 3. The number of allylic oxidation sites excluding steroid dienone is 1. The van der Waals surface area contributed by atoms with Crippen LogP contribution in [0.2, 0.25) is 0 Å². The van der Waals surface area contributed by atoms with Gasteiger partial charge in [0.15, 0.2) is 0 Å². The second kappa shape index (κ2) is 6.31. The molecule has 0 spiro atoms. The molecule has 0 aromatic heterocycles. The number of ketones is 1. The van der Waals surface area contributed by atoms with Gasteiger partial charge >= 0.3 is 0 Å². The molecule has 3 unspecified atom stereocenters. The number of ether oxygens (including phenoxy) is 1. The lowest BCUT2D eigenvalue weighted by Gasteiger charge is -2.57. The fraction of sp³-hybridized carbons (Fsp3) is 0.864. The number of Topliss-reactive ketones (excluding diaryl/α,β-unsaturated/α-hetero) is 1. The van der Waals surface area contributed by atoms with Crippen molar-refractivity contribution in [2.75, 3.05) is 19.7 Å². The Morgan fingerprint density at radius 1 is 1.12 bits per heavy atom. The second-order valence-electron chi connectivity index (χ2n) is 10.4. The number of hydrogen-bond donors (Lipinski definition) is 0. The van der Waals surface area contributed by atoms with Crippen LogP contribution in [0.5, 0.6) is 0 Å². The molecule has 3 nitrogen and oxygen atoms in total. The molecule has 0 heterocycles. The Hall–Kier alpha value is -0.400. The molecule has 4 rings (SSSR count). The zero-order valence-electron chi connectivity index (χ0n) is 16.9. The van der Waals surface area contributed by atoms with Crippen LogP contribution in [0.4, 0.5) is 0 Å². The smallest absolute Gasteiger partial charge is 0.139 e. The van der Waals surface area contributed by atoms with Crippen molar-refractivity contribution in [3.05, 3.63) is 11.6 Å². The van der Waals surface area contributed by atoms with E-state index in [9.17, 15) is 9.36 Å². The summed E-state index contributed by atoms with van der Waals surface area (Å²) in [6.45, 7) is 8.36. The topological polar surface area (TPSA) is 43.4 Å². The van der Waals surface area contributed by atoms with Crippen molar-refractivity contribution in [3.63, 3.8) is 0 Å². The van der Waals surface area contributed by atoms with E-state index in [1.807, 2.05) is 13.3 Å². The highest BCUT2D eigenvalue weighted by molar-refractivity contribution is 7.62. The molecule has 4 heteroatoms. The highest BCUT2D eigenvalue weighted by Crippen LogP contribution is 2.64. The van der Waals surface area contributed by atoms with Crippen LogP contribution in [0.3, 0.4) is 0 Å². The van der Waals surface area contributed by atoms with Crippen LogP contribution in [0.1, 0.15) is 65.2 Å². The molecule has 3 saturated carbocycles. The van der Waals surface area contributed by atoms with Crippen LogP contribution in [0.15, 0.2) is 11.6 Å². The molecule has 0 amide bonds. The minimum atomic E-state index is -2.11. The standard InChI is InChI=1S/C22H35O3P/c1-21-11-9-16(25-14-26(3,4)24)13-15(21)5-6-17-18-7-8-20(23)22(18,2)12-10-19(17)21/h5,16-19H,6-14H2,1-4H3/t16-,17?,18?,19?,21-,22-/m0/s1. The van der Waals surface area contributed by atoms with Gasteiger partial charge in [-0.2, -0.15) is 0 Å². The van der Waals surface area contributed by atoms with Gasteiger partial charge in [-0.3, -0.25) is 4.79 Å². The third-order valence-electron chi connectivity index (χ3n) is 8.39. The van der Waals surface area contributed by atoms with E-state index in [1.54, 1.807) is 5.57 Å². The predicted molar refractivity (Wildman–Crippen MR) is 106 cm³/mol. The summed E-state index contributed by atoms with van der Waals surface area (Å²) in [6.07, 6.45) is 11.8. The van der Waals surface area contributed by atoms with E-state index in [1.165, 1.54) is 12.8 Å². The summed E-state index contributed by atoms with van der Waals surface area (Å²) in [4.78, 5) is 12.5. The summed E-state index contributed by atoms with van der Waals surface area (Å²) in [5, 5.41) is 0. The largest absolute Gasteiger partial charge is 0.370 e. The van der Waals surface area contributed by atoms with Gasteiger partial charge in [0, 0.05) is 11.8 Å². The maximum atomic E-state index is 12.5. The summed E-state index contributed by atoms with van der Waals surface area (Å²) >= 11 is 0. The van der Waals surface area contributed by atoms with Crippen molar-refractivity contribution in [2.45, 2.75) is 71.3 Å². The number of carbonyl (C=O) groups is 1. The van der Waals surface area contributed by atoms with Crippen LogP contribution in [-0.2, 0) is 14.1 Å². The van der Waals surface area contributed by atoms with Gasteiger partial charge in [-0.1, -0.05) is 25.5 Å². The Labute approximate surface area is 158 Å². The third kappa shape index (κ3) is 2.98. The van der Waals surface area contributed by atoms with Crippen molar-refractivity contribution in [1.82, 2.24) is 0 Å². The average molecular weight is 378 g/mol. The molecule has 3 fully saturated rings. The maximum absolute atomic E-state index is 12.5. The lowest BCUT2D eigenvalue weighted by atomic mass is 9.48. The molecular formula is C22H35O3P. The molecule has 0 aromatic carbocycles. The first-order valence-electron chi connectivity index (χ1n) is 10.5. The molecule has 146 valence electrons. The minimum absolute atomic E-state index is 0.0351. The minimum Gasteiger partial charge on any atom is -0.370 e. The van der Waals surface area contributed by atoms with E-state index in [2.05, 4.69) is 19.9 Å². The fourth-order valence-electron chi connectivity index (χ4n) is 6.83. The van der Waals surface area contributed by atoms with E-state index in [0.717, 1.165) is 44.4 Å². The quantitative estimate of drug-likeness (QED) is 0.482. The molecule has 0 aromatic rings. The molecular weight excluding hydrogens is 343 g/mol. The lowest BCUT2D eigenvalue weighted by Crippen LogP contribution is -2.50. The van der Waals surface area contributed by atoms with E-state index < -0.39 is 7.14 Å². The normalized spacial score (nSPS) is 45.5. The fourth-order valence-corrected chi connectivity index (χ4v) is 7.40. The van der Waals surface area contributed by atoms with Crippen LogP contribution in [0, 0.1) is 28.6 Å². The Bertz CT molecular complexity index is 677. The van der Waals surface area contributed by atoms with Gasteiger partial charge in [-0.25, -0.2) is 0 Å². The lowest BCUT2D eigenvalue weighted by molar-refractivity contribution is -0.132. The molecule has 26 heavy (non-hydrogen) atoms. The van der Waals surface area contributed by atoms with Gasteiger partial charge in [-0.15, -0.1) is 0 Å². The second-order valence-corrected chi connectivity index (χ2v) is 13.8. The van der Waals surface area contributed by atoms with Crippen LogP contribution < -0.4 is 0 Å². The maximum Gasteiger partial charge on any atom is 0.139 e. The average Bonchev–Trinajstić information content (AvgIpc) is 2.87. The van der Waals surface area contributed by atoms with Gasteiger partial charge in [0.25, 0.3) is 0 Å². The van der Waals surface area contributed by atoms with E-state index in [-0.39, 0.29) is 16.9 Å². The molecule has 6 atom stereocenters. The Balaban J connectivity index is 1.52. The SMILES string of the molecule is C[C@]12CC[C@H](OCP(C)(C)=O)CC1=CCC1C2CC[C@]2(C)C(=O)CCC12. The van der Waals surface area contributed by atoms with Gasteiger partial charge in [0.05, 0.1) is 12.5 Å². The molecule has 0 bridgehead atoms. The highest BCUT2D eigenvalue weighted by Gasteiger charge is 2.58. The Morgan fingerprint density at radius 2 is 1.81 bits per heavy atom. The first kappa shape index (κ1) is 18.9. The van der Waals surface area contributed by atoms with Gasteiger partial charge in [0.1, 0.15) is 12.9 Å². The third-order valence-corrected chi connectivity index (χ3v) is 9.16. The van der Waals surface area contributed by atoms with Crippen LogP contribution in [0.25, 0.3) is 0 Å². The summed E-state index contributed by atoms with van der Waals surface area (Å²) in [5.74, 6) is 2.55. The van der Waals surface area contributed by atoms with Crippen LogP contribution in [-0.4, -0.2) is 31.6 Å².